The number of carbonyl (C=O) groups excluding carboxylic acids is 1. The fourth-order valence-corrected chi connectivity index (χ4v) is 2.20. The first-order valence-electron chi connectivity index (χ1n) is 4.63. The third kappa shape index (κ3) is 3.13. The van der Waals surface area contributed by atoms with Crippen LogP contribution in [0.2, 0.25) is 0 Å². The van der Waals surface area contributed by atoms with Crippen LogP contribution >= 0.6 is 0 Å². The number of piperazine rings is 1. The predicted octanol–water partition coefficient (Wildman–Crippen LogP) is -2.32. The van der Waals surface area contributed by atoms with E-state index in [0.717, 1.165) is 0 Å². The van der Waals surface area contributed by atoms with Crippen molar-refractivity contribution in [1.82, 2.24) is 9.21 Å². The van der Waals surface area contributed by atoms with Crippen molar-refractivity contribution in [3.63, 3.8) is 0 Å². The molecule has 0 radical (unpaired) electrons. The summed E-state index contributed by atoms with van der Waals surface area (Å²) in [7, 11) is -3.60. The van der Waals surface area contributed by atoms with E-state index in [0.29, 0.717) is 26.2 Å². The molecule has 8 heteroatoms. The van der Waals surface area contributed by atoms with Crippen molar-refractivity contribution in [3.8, 4) is 0 Å². The molecule has 0 saturated carbocycles. The zero-order valence-corrected chi connectivity index (χ0v) is 9.40. The second-order valence-electron chi connectivity index (χ2n) is 3.56. The molecule has 1 rings (SSSR count). The normalized spacial score (nSPS) is 22.5. The van der Waals surface area contributed by atoms with E-state index < -0.39 is 16.1 Å². The van der Waals surface area contributed by atoms with Gasteiger partial charge in [0, 0.05) is 26.2 Å². The lowest BCUT2D eigenvalue weighted by Gasteiger charge is -2.35. The van der Waals surface area contributed by atoms with Crippen LogP contribution in [0.25, 0.3) is 0 Å². The minimum atomic E-state index is -3.60. The van der Waals surface area contributed by atoms with E-state index in [2.05, 4.69) is 0 Å². The van der Waals surface area contributed by atoms with E-state index in [-0.39, 0.29) is 6.04 Å². The first-order chi connectivity index (χ1) is 6.82. The van der Waals surface area contributed by atoms with Gasteiger partial charge in [0.05, 0.1) is 6.04 Å². The summed E-state index contributed by atoms with van der Waals surface area (Å²) >= 11 is 0. The highest BCUT2D eigenvalue weighted by Gasteiger charge is 2.27. The fourth-order valence-electron chi connectivity index (χ4n) is 1.53. The number of hydrogen-bond acceptors (Lipinski definition) is 4. The maximum atomic E-state index is 11.0. The van der Waals surface area contributed by atoms with Gasteiger partial charge < -0.3 is 5.73 Å². The quantitative estimate of drug-likeness (QED) is 0.573. The molecule has 7 nitrogen and oxygen atoms in total. The summed E-state index contributed by atoms with van der Waals surface area (Å²) in [6.45, 7) is 3.25. The van der Waals surface area contributed by atoms with Gasteiger partial charge in [-0.2, -0.15) is 12.7 Å². The topological polar surface area (TPSA) is 110 Å². The van der Waals surface area contributed by atoms with Crippen LogP contribution in [0.15, 0.2) is 0 Å². The van der Waals surface area contributed by atoms with Crippen molar-refractivity contribution in [2.24, 2.45) is 10.9 Å². The third-order valence-electron chi connectivity index (χ3n) is 2.59. The standard InChI is InChI=1S/C7H16N4O3S/c1-6(7(8)12)10-2-4-11(5-3-10)15(9,13)14/h6H,2-5H2,1H3,(H2,8,12)(H2,9,13,14). The Morgan fingerprint density at radius 2 is 1.73 bits per heavy atom. The Bertz CT molecular complexity index is 334. The van der Waals surface area contributed by atoms with Gasteiger partial charge in [-0.05, 0) is 6.92 Å². The van der Waals surface area contributed by atoms with Gasteiger partial charge in [-0.3, -0.25) is 9.69 Å². The molecule has 4 N–H and O–H groups in total. The molecule has 1 heterocycles. The van der Waals surface area contributed by atoms with Crippen LogP contribution < -0.4 is 10.9 Å². The zero-order valence-electron chi connectivity index (χ0n) is 8.59. The van der Waals surface area contributed by atoms with Crippen molar-refractivity contribution >= 4 is 16.1 Å². The molecule has 1 atom stereocenters. The van der Waals surface area contributed by atoms with Gasteiger partial charge in [-0.25, -0.2) is 5.14 Å². The SMILES string of the molecule is CC(C(N)=O)N1CCN(S(N)(=O)=O)CC1. The Kier molecular flexibility index (Phi) is 3.66. The van der Waals surface area contributed by atoms with Crippen molar-refractivity contribution in [2.75, 3.05) is 26.2 Å². The van der Waals surface area contributed by atoms with Gasteiger partial charge >= 0.3 is 0 Å². The Morgan fingerprint density at radius 1 is 1.27 bits per heavy atom. The molecule has 1 fully saturated rings. The molecule has 1 saturated heterocycles. The molecule has 1 aliphatic heterocycles. The molecule has 15 heavy (non-hydrogen) atoms. The minimum absolute atomic E-state index is 0.302. The molecule has 0 aromatic heterocycles. The molecule has 0 aliphatic carbocycles. The molecule has 1 amide bonds. The third-order valence-corrected chi connectivity index (χ3v) is 3.68. The Morgan fingerprint density at radius 3 is 2.07 bits per heavy atom. The maximum Gasteiger partial charge on any atom is 0.276 e. The van der Waals surface area contributed by atoms with Crippen molar-refractivity contribution in [3.05, 3.63) is 0 Å². The highest BCUT2D eigenvalue weighted by atomic mass is 32.2. The summed E-state index contributed by atoms with van der Waals surface area (Å²) in [5.74, 6) is -0.404. The molecule has 0 bridgehead atoms. The summed E-state index contributed by atoms with van der Waals surface area (Å²) in [5, 5.41) is 4.98. The lowest BCUT2D eigenvalue weighted by Crippen LogP contribution is -2.55. The molecule has 0 spiro atoms. The summed E-state index contributed by atoms with van der Waals surface area (Å²) in [6, 6.07) is -0.368. The van der Waals surface area contributed by atoms with Crippen LogP contribution in [0.4, 0.5) is 0 Å². The van der Waals surface area contributed by atoms with Crippen molar-refractivity contribution in [1.29, 1.82) is 0 Å². The second kappa shape index (κ2) is 4.44. The van der Waals surface area contributed by atoms with Gasteiger partial charge in [0.2, 0.25) is 5.91 Å². The largest absolute Gasteiger partial charge is 0.368 e. The lowest BCUT2D eigenvalue weighted by molar-refractivity contribution is -0.123. The van der Waals surface area contributed by atoms with Crippen molar-refractivity contribution < 1.29 is 13.2 Å². The molecular formula is C7H16N4O3S. The number of hydrogen-bond donors (Lipinski definition) is 2. The van der Waals surface area contributed by atoms with Gasteiger partial charge in [0.25, 0.3) is 10.2 Å². The molecule has 1 unspecified atom stereocenters. The number of nitrogens with two attached hydrogens (primary N) is 2. The lowest BCUT2D eigenvalue weighted by atomic mass is 10.2. The Labute approximate surface area is 89.2 Å². The average molecular weight is 236 g/mol. The van der Waals surface area contributed by atoms with E-state index >= 15 is 0 Å². The summed E-state index contributed by atoms with van der Waals surface area (Å²) in [4.78, 5) is 12.7. The van der Waals surface area contributed by atoms with Gasteiger partial charge in [-0.1, -0.05) is 0 Å². The van der Waals surface area contributed by atoms with E-state index in [9.17, 15) is 13.2 Å². The Balaban J connectivity index is 2.53. The van der Waals surface area contributed by atoms with Crippen LogP contribution in [0.1, 0.15) is 6.92 Å². The summed E-state index contributed by atoms with van der Waals surface area (Å²) in [5.41, 5.74) is 5.15. The number of primary amides is 1. The number of rotatable bonds is 3. The Hall–Kier alpha value is -0.700. The van der Waals surface area contributed by atoms with E-state index in [1.165, 1.54) is 4.31 Å². The van der Waals surface area contributed by atoms with E-state index in [4.69, 9.17) is 10.9 Å². The maximum absolute atomic E-state index is 11.0. The van der Waals surface area contributed by atoms with Crippen LogP contribution in [-0.4, -0.2) is 55.8 Å². The molecule has 1 aliphatic rings. The van der Waals surface area contributed by atoms with E-state index in [1.54, 1.807) is 6.92 Å². The van der Waals surface area contributed by atoms with Crippen LogP contribution in [0.3, 0.4) is 0 Å². The van der Waals surface area contributed by atoms with Crippen LogP contribution in [-0.2, 0) is 15.0 Å². The second-order valence-corrected chi connectivity index (χ2v) is 5.10. The van der Waals surface area contributed by atoms with Crippen molar-refractivity contribution in [2.45, 2.75) is 13.0 Å². The van der Waals surface area contributed by atoms with Crippen LogP contribution in [0, 0.1) is 0 Å². The number of nitrogens with zero attached hydrogens (tertiary/aromatic N) is 2. The number of carbonyl (C=O) groups is 1. The first kappa shape index (κ1) is 12.4. The summed E-state index contributed by atoms with van der Waals surface area (Å²) < 4.78 is 23.2. The highest BCUT2D eigenvalue weighted by Crippen LogP contribution is 2.07. The first-order valence-corrected chi connectivity index (χ1v) is 6.14. The summed E-state index contributed by atoms with van der Waals surface area (Å²) in [6.07, 6.45) is 0. The van der Waals surface area contributed by atoms with Gasteiger partial charge in [0.15, 0.2) is 0 Å². The smallest absolute Gasteiger partial charge is 0.276 e. The molecule has 0 aromatic rings. The molecule has 0 aromatic carbocycles. The molecule has 88 valence electrons. The molecular weight excluding hydrogens is 220 g/mol. The number of amides is 1. The van der Waals surface area contributed by atoms with E-state index in [1.807, 2.05) is 4.90 Å². The minimum Gasteiger partial charge on any atom is -0.368 e. The average Bonchev–Trinajstić information content (AvgIpc) is 2.15. The zero-order chi connectivity index (χ0) is 11.6. The highest BCUT2D eigenvalue weighted by molar-refractivity contribution is 7.86. The fraction of sp³-hybridized carbons (Fsp3) is 0.857. The van der Waals surface area contributed by atoms with Gasteiger partial charge in [-0.15, -0.1) is 0 Å². The van der Waals surface area contributed by atoms with Gasteiger partial charge in [0.1, 0.15) is 0 Å². The van der Waals surface area contributed by atoms with Crippen LogP contribution in [0.5, 0.6) is 0 Å². The monoisotopic (exact) mass is 236 g/mol. The predicted molar refractivity (Wildman–Crippen MR) is 54.9 cm³/mol.